The third-order valence-electron chi connectivity index (χ3n) is 3.21. The second kappa shape index (κ2) is 9.03. The van der Waals surface area contributed by atoms with Crippen LogP contribution in [0.4, 0.5) is 15.8 Å². The smallest absolute Gasteiger partial charge is 0.338 e. The third-order valence-corrected chi connectivity index (χ3v) is 3.50. The van der Waals surface area contributed by atoms with Gasteiger partial charge in [-0.2, -0.15) is 0 Å². The standard InChI is InChI=1S/C18H18ClFN2O3/c1-2-9-25-18(24)12-3-5-13(6-4-12)21-11-17(23)22-14-7-8-16(20)15(19)10-14/h3-8,10,21H,2,9,11H2,1H3,(H,22,23). The van der Waals surface area contributed by atoms with Crippen LogP contribution in [0.5, 0.6) is 0 Å². The summed E-state index contributed by atoms with van der Waals surface area (Å²) >= 11 is 5.66. The van der Waals surface area contributed by atoms with Gasteiger partial charge in [0.1, 0.15) is 5.82 Å². The molecule has 0 radical (unpaired) electrons. The summed E-state index contributed by atoms with van der Waals surface area (Å²) in [6.07, 6.45) is 0.764. The average Bonchev–Trinajstić information content (AvgIpc) is 2.61. The van der Waals surface area contributed by atoms with Crippen molar-refractivity contribution in [3.05, 3.63) is 58.9 Å². The second-order valence-corrected chi connectivity index (χ2v) is 5.65. The van der Waals surface area contributed by atoms with Gasteiger partial charge in [-0.3, -0.25) is 4.79 Å². The van der Waals surface area contributed by atoms with Crippen LogP contribution in [-0.4, -0.2) is 25.0 Å². The van der Waals surface area contributed by atoms with Crippen molar-refractivity contribution in [2.24, 2.45) is 0 Å². The van der Waals surface area contributed by atoms with Gasteiger partial charge in [0, 0.05) is 11.4 Å². The number of nitrogens with one attached hydrogen (secondary N) is 2. The normalized spacial score (nSPS) is 10.2. The van der Waals surface area contributed by atoms with Gasteiger partial charge in [0.2, 0.25) is 5.91 Å². The minimum absolute atomic E-state index is 0.00855. The number of ether oxygens (including phenoxy) is 1. The van der Waals surface area contributed by atoms with Crippen LogP contribution in [0.25, 0.3) is 0 Å². The van der Waals surface area contributed by atoms with Crippen LogP contribution in [0.1, 0.15) is 23.7 Å². The van der Waals surface area contributed by atoms with Crippen molar-refractivity contribution >= 4 is 34.9 Å². The Kier molecular flexibility index (Phi) is 6.77. The molecule has 25 heavy (non-hydrogen) atoms. The molecule has 7 heteroatoms. The highest BCUT2D eigenvalue weighted by atomic mass is 35.5. The van der Waals surface area contributed by atoms with Gasteiger partial charge >= 0.3 is 5.97 Å². The van der Waals surface area contributed by atoms with Crippen LogP contribution in [-0.2, 0) is 9.53 Å². The van der Waals surface area contributed by atoms with E-state index >= 15 is 0 Å². The van der Waals surface area contributed by atoms with Crippen molar-refractivity contribution in [1.29, 1.82) is 0 Å². The predicted octanol–water partition coefficient (Wildman–Crippen LogP) is 4.10. The summed E-state index contributed by atoms with van der Waals surface area (Å²) in [5.41, 5.74) is 1.54. The third kappa shape index (κ3) is 5.76. The first-order valence-corrected chi connectivity index (χ1v) is 8.13. The molecule has 0 saturated carbocycles. The lowest BCUT2D eigenvalue weighted by Crippen LogP contribution is -2.21. The van der Waals surface area contributed by atoms with Crippen LogP contribution < -0.4 is 10.6 Å². The van der Waals surface area contributed by atoms with Gasteiger partial charge in [-0.1, -0.05) is 18.5 Å². The van der Waals surface area contributed by atoms with Crippen molar-refractivity contribution in [2.75, 3.05) is 23.8 Å². The highest BCUT2D eigenvalue weighted by molar-refractivity contribution is 6.31. The Morgan fingerprint density at radius 1 is 1.12 bits per heavy atom. The summed E-state index contributed by atoms with van der Waals surface area (Å²) in [7, 11) is 0. The number of halogens is 2. The molecule has 0 heterocycles. The number of rotatable bonds is 7. The highest BCUT2D eigenvalue weighted by Gasteiger charge is 2.08. The molecule has 0 aromatic heterocycles. The number of amides is 1. The molecular weight excluding hydrogens is 347 g/mol. The van der Waals surface area contributed by atoms with Crippen LogP contribution in [0.15, 0.2) is 42.5 Å². The lowest BCUT2D eigenvalue weighted by molar-refractivity contribution is -0.114. The Morgan fingerprint density at radius 2 is 1.80 bits per heavy atom. The van der Waals surface area contributed by atoms with Crippen LogP contribution in [0.3, 0.4) is 0 Å². The average molecular weight is 365 g/mol. The van der Waals surface area contributed by atoms with Gasteiger partial charge in [-0.05, 0) is 48.9 Å². The summed E-state index contributed by atoms with van der Waals surface area (Å²) in [6.45, 7) is 2.31. The molecule has 2 rings (SSSR count). The Labute approximate surface area is 150 Å². The van der Waals surface area contributed by atoms with Gasteiger partial charge in [0.05, 0.1) is 23.7 Å². The molecule has 0 atom stereocenters. The molecular formula is C18H18ClFN2O3. The maximum Gasteiger partial charge on any atom is 0.338 e. The van der Waals surface area contributed by atoms with E-state index in [4.69, 9.17) is 16.3 Å². The Balaban J connectivity index is 1.85. The van der Waals surface area contributed by atoms with Gasteiger partial charge in [-0.25, -0.2) is 9.18 Å². The summed E-state index contributed by atoms with van der Waals surface area (Å²) in [5.74, 6) is -1.23. The number of carbonyl (C=O) groups excluding carboxylic acids is 2. The van der Waals surface area contributed by atoms with Crippen molar-refractivity contribution in [3.8, 4) is 0 Å². The van der Waals surface area contributed by atoms with E-state index in [2.05, 4.69) is 10.6 Å². The van der Waals surface area contributed by atoms with Crippen molar-refractivity contribution in [3.63, 3.8) is 0 Å². The van der Waals surface area contributed by atoms with Crippen LogP contribution in [0.2, 0.25) is 5.02 Å². The van der Waals surface area contributed by atoms with E-state index in [1.165, 1.54) is 18.2 Å². The molecule has 0 aliphatic rings. The van der Waals surface area contributed by atoms with Gasteiger partial charge in [-0.15, -0.1) is 0 Å². The molecule has 0 aliphatic carbocycles. The number of anilines is 2. The molecule has 5 nitrogen and oxygen atoms in total. The van der Waals surface area contributed by atoms with Gasteiger partial charge in [0.15, 0.2) is 0 Å². The Bertz CT molecular complexity index is 750. The number of carbonyl (C=O) groups is 2. The topological polar surface area (TPSA) is 67.4 Å². The van der Waals surface area contributed by atoms with Crippen molar-refractivity contribution < 1.29 is 18.7 Å². The number of esters is 1. The molecule has 0 unspecified atom stereocenters. The fourth-order valence-corrected chi connectivity index (χ4v) is 2.14. The fourth-order valence-electron chi connectivity index (χ4n) is 1.96. The summed E-state index contributed by atoms with van der Waals surface area (Å²) in [6, 6.07) is 10.6. The maximum absolute atomic E-state index is 13.1. The summed E-state index contributed by atoms with van der Waals surface area (Å²) < 4.78 is 18.1. The zero-order valence-corrected chi connectivity index (χ0v) is 14.4. The van der Waals surface area contributed by atoms with E-state index in [-0.39, 0.29) is 23.4 Å². The number of hydrogen-bond donors (Lipinski definition) is 2. The monoisotopic (exact) mass is 364 g/mol. The molecule has 0 aliphatic heterocycles. The lowest BCUT2D eigenvalue weighted by Gasteiger charge is -2.09. The lowest BCUT2D eigenvalue weighted by atomic mass is 10.2. The minimum Gasteiger partial charge on any atom is -0.462 e. The molecule has 0 fully saturated rings. The number of hydrogen-bond acceptors (Lipinski definition) is 4. The molecule has 1 amide bonds. The largest absolute Gasteiger partial charge is 0.462 e. The predicted molar refractivity (Wildman–Crippen MR) is 95.5 cm³/mol. The van der Waals surface area contributed by atoms with E-state index in [9.17, 15) is 14.0 Å². The zero-order valence-electron chi connectivity index (χ0n) is 13.6. The molecule has 0 saturated heterocycles. The fraction of sp³-hybridized carbons (Fsp3) is 0.222. The first kappa shape index (κ1) is 18.7. The molecule has 2 aromatic rings. The van der Waals surface area contributed by atoms with Crippen molar-refractivity contribution in [2.45, 2.75) is 13.3 Å². The maximum atomic E-state index is 13.1. The van der Waals surface area contributed by atoms with Crippen LogP contribution >= 0.6 is 11.6 Å². The number of benzene rings is 2. The second-order valence-electron chi connectivity index (χ2n) is 5.24. The van der Waals surface area contributed by atoms with E-state index in [1.54, 1.807) is 24.3 Å². The van der Waals surface area contributed by atoms with Gasteiger partial charge < -0.3 is 15.4 Å². The molecule has 2 N–H and O–H groups in total. The molecule has 2 aromatic carbocycles. The molecule has 0 bridgehead atoms. The van der Waals surface area contributed by atoms with E-state index < -0.39 is 5.82 Å². The van der Waals surface area contributed by atoms with Gasteiger partial charge in [0.25, 0.3) is 0 Å². The zero-order chi connectivity index (χ0) is 18.2. The molecule has 132 valence electrons. The first-order chi connectivity index (χ1) is 12.0. The molecule has 0 spiro atoms. The Morgan fingerprint density at radius 3 is 2.44 bits per heavy atom. The van der Waals surface area contributed by atoms with Crippen LogP contribution in [0, 0.1) is 5.82 Å². The summed E-state index contributed by atoms with van der Waals surface area (Å²) in [4.78, 5) is 23.6. The summed E-state index contributed by atoms with van der Waals surface area (Å²) in [5, 5.41) is 5.48. The minimum atomic E-state index is -0.546. The first-order valence-electron chi connectivity index (χ1n) is 7.75. The highest BCUT2D eigenvalue weighted by Crippen LogP contribution is 2.19. The van der Waals surface area contributed by atoms with E-state index in [1.807, 2.05) is 6.92 Å². The SMILES string of the molecule is CCCOC(=O)c1ccc(NCC(=O)Nc2ccc(F)c(Cl)c2)cc1. The van der Waals surface area contributed by atoms with E-state index in [0.29, 0.717) is 23.5 Å². The van der Waals surface area contributed by atoms with Crippen molar-refractivity contribution in [1.82, 2.24) is 0 Å². The van der Waals surface area contributed by atoms with E-state index in [0.717, 1.165) is 6.42 Å². The quantitative estimate of drug-likeness (QED) is 0.726. The Hall–Kier alpha value is -2.60.